The van der Waals surface area contributed by atoms with Gasteiger partial charge in [-0.2, -0.15) is 0 Å². The molecule has 0 aliphatic rings. The SMILES string of the molecule is O=C(O)COCC(COCC(=O)O)NC(=O)OCc1ccccc1. The van der Waals surface area contributed by atoms with Crippen LogP contribution in [0.1, 0.15) is 5.56 Å². The Hall–Kier alpha value is -2.65. The van der Waals surface area contributed by atoms with Gasteiger partial charge in [0.15, 0.2) is 0 Å². The zero-order valence-corrected chi connectivity index (χ0v) is 12.8. The van der Waals surface area contributed by atoms with Crippen LogP contribution in [0.25, 0.3) is 0 Å². The van der Waals surface area contributed by atoms with Crippen molar-refractivity contribution in [2.75, 3.05) is 26.4 Å². The Bertz CT molecular complexity index is 514. The number of benzene rings is 1. The van der Waals surface area contributed by atoms with Gasteiger partial charge in [0.2, 0.25) is 0 Å². The van der Waals surface area contributed by atoms with Crippen LogP contribution < -0.4 is 5.32 Å². The molecule has 0 aliphatic carbocycles. The first-order valence-corrected chi connectivity index (χ1v) is 7.03. The van der Waals surface area contributed by atoms with Gasteiger partial charge in [0.05, 0.1) is 19.3 Å². The molecule has 0 aliphatic heterocycles. The van der Waals surface area contributed by atoms with E-state index in [9.17, 15) is 14.4 Å². The van der Waals surface area contributed by atoms with E-state index in [0.717, 1.165) is 5.56 Å². The maximum absolute atomic E-state index is 11.7. The monoisotopic (exact) mass is 341 g/mol. The number of hydrogen-bond acceptors (Lipinski definition) is 6. The largest absolute Gasteiger partial charge is 0.480 e. The van der Waals surface area contributed by atoms with Gasteiger partial charge in [-0.25, -0.2) is 14.4 Å². The summed E-state index contributed by atoms with van der Waals surface area (Å²) >= 11 is 0. The minimum atomic E-state index is -1.16. The number of carbonyl (C=O) groups excluding carboxylic acids is 1. The van der Waals surface area contributed by atoms with Crippen molar-refractivity contribution in [3.05, 3.63) is 35.9 Å². The molecule has 0 bridgehead atoms. The number of amides is 1. The van der Waals surface area contributed by atoms with Crippen molar-refractivity contribution in [1.82, 2.24) is 5.32 Å². The third-order valence-corrected chi connectivity index (χ3v) is 2.62. The summed E-state index contributed by atoms with van der Waals surface area (Å²) in [5, 5.41) is 19.5. The number of carboxylic acids is 2. The van der Waals surface area contributed by atoms with Crippen molar-refractivity contribution in [3.63, 3.8) is 0 Å². The van der Waals surface area contributed by atoms with Gasteiger partial charge < -0.3 is 29.7 Å². The van der Waals surface area contributed by atoms with E-state index in [1.807, 2.05) is 6.07 Å². The van der Waals surface area contributed by atoms with Crippen molar-refractivity contribution in [1.29, 1.82) is 0 Å². The molecular formula is C15H19NO8. The molecule has 0 saturated carbocycles. The van der Waals surface area contributed by atoms with Crippen LogP contribution >= 0.6 is 0 Å². The Kier molecular flexibility index (Phi) is 8.87. The molecule has 0 unspecified atom stereocenters. The van der Waals surface area contributed by atoms with Crippen LogP contribution in [0, 0.1) is 0 Å². The lowest BCUT2D eigenvalue weighted by molar-refractivity contribution is -0.143. The second kappa shape index (κ2) is 11.0. The van der Waals surface area contributed by atoms with Crippen molar-refractivity contribution in [2.24, 2.45) is 0 Å². The van der Waals surface area contributed by atoms with Crippen LogP contribution in [0.4, 0.5) is 4.79 Å². The summed E-state index contributed by atoms with van der Waals surface area (Å²) in [6.07, 6.45) is -0.748. The maximum Gasteiger partial charge on any atom is 0.407 e. The maximum atomic E-state index is 11.7. The van der Waals surface area contributed by atoms with Crippen molar-refractivity contribution >= 4 is 18.0 Å². The molecule has 1 rings (SSSR count). The first-order valence-electron chi connectivity index (χ1n) is 7.03. The molecule has 3 N–H and O–H groups in total. The third kappa shape index (κ3) is 9.38. The fourth-order valence-corrected chi connectivity index (χ4v) is 1.64. The molecule has 0 aromatic heterocycles. The number of carbonyl (C=O) groups is 3. The van der Waals surface area contributed by atoms with E-state index < -0.39 is 37.3 Å². The van der Waals surface area contributed by atoms with E-state index in [-0.39, 0.29) is 19.8 Å². The summed E-state index contributed by atoms with van der Waals surface area (Å²) in [5.41, 5.74) is 0.799. The number of hydrogen-bond donors (Lipinski definition) is 3. The molecule has 0 fully saturated rings. The van der Waals surface area contributed by atoms with Gasteiger partial charge in [0.1, 0.15) is 19.8 Å². The molecule has 1 amide bonds. The van der Waals surface area contributed by atoms with Gasteiger partial charge in [-0.1, -0.05) is 30.3 Å². The zero-order valence-electron chi connectivity index (χ0n) is 12.8. The highest BCUT2D eigenvalue weighted by Crippen LogP contribution is 2.01. The van der Waals surface area contributed by atoms with Gasteiger partial charge in [0, 0.05) is 0 Å². The van der Waals surface area contributed by atoms with E-state index >= 15 is 0 Å². The minimum absolute atomic E-state index is 0.0609. The first kappa shape index (κ1) is 19.4. The average Bonchev–Trinajstić information content (AvgIpc) is 2.53. The Morgan fingerprint density at radius 1 is 0.958 bits per heavy atom. The Balaban J connectivity index is 2.40. The topological polar surface area (TPSA) is 131 Å². The Morgan fingerprint density at radius 2 is 1.50 bits per heavy atom. The highest BCUT2D eigenvalue weighted by Gasteiger charge is 2.15. The lowest BCUT2D eigenvalue weighted by Crippen LogP contribution is -2.42. The summed E-state index contributed by atoms with van der Waals surface area (Å²) in [7, 11) is 0. The highest BCUT2D eigenvalue weighted by molar-refractivity contribution is 5.69. The van der Waals surface area contributed by atoms with E-state index in [1.165, 1.54) is 0 Å². The van der Waals surface area contributed by atoms with Crippen LogP contribution in [-0.4, -0.2) is 60.7 Å². The van der Waals surface area contributed by atoms with Gasteiger partial charge >= 0.3 is 18.0 Å². The normalized spacial score (nSPS) is 10.4. The minimum Gasteiger partial charge on any atom is -0.480 e. The Labute approximate surface area is 138 Å². The van der Waals surface area contributed by atoms with E-state index in [4.69, 9.17) is 24.4 Å². The van der Waals surface area contributed by atoms with Crippen LogP contribution in [0.2, 0.25) is 0 Å². The summed E-state index contributed by atoms with van der Waals surface area (Å²) in [4.78, 5) is 32.6. The highest BCUT2D eigenvalue weighted by atomic mass is 16.6. The van der Waals surface area contributed by atoms with E-state index in [1.54, 1.807) is 24.3 Å². The average molecular weight is 341 g/mol. The fraction of sp³-hybridized carbons (Fsp3) is 0.400. The molecule has 132 valence electrons. The molecule has 0 saturated heterocycles. The second-order valence-corrected chi connectivity index (χ2v) is 4.72. The van der Waals surface area contributed by atoms with Gasteiger partial charge in [-0.3, -0.25) is 0 Å². The predicted octanol–water partition coefficient (Wildman–Crippen LogP) is 0.484. The molecule has 1 aromatic rings. The van der Waals surface area contributed by atoms with Crippen molar-refractivity contribution in [3.8, 4) is 0 Å². The van der Waals surface area contributed by atoms with Crippen LogP contribution in [0.5, 0.6) is 0 Å². The summed E-state index contributed by atoms with van der Waals surface area (Å²) in [6.45, 7) is -1.35. The molecule has 0 atom stereocenters. The molecular weight excluding hydrogens is 322 g/mol. The number of nitrogens with one attached hydrogen (secondary N) is 1. The molecule has 9 nitrogen and oxygen atoms in total. The molecule has 0 radical (unpaired) electrons. The lowest BCUT2D eigenvalue weighted by Gasteiger charge is -2.18. The molecule has 24 heavy (non-hydrogen) atoms. The lowest BCUT2D eigenvalue weighted by atomic mass is 10.2. The predicted molar refractivity (Wildman–Crippen MR) is 80.5 cm³/mol. The Morgan fingerprint density at radius 3 is 2.00 bits per heavy atom. The second-order valence-electron chi connectivity index (χ2n) is 4.72. The summed E-state index contributed by atoms with van der Waals surface area (Å²) in [5.74, 6) is -2.32. The summed E-state index contributed by atoms with van der Waals surface area (Å²) < 4.78 is 14.8. The van der Waals surface area contributed by atoms with Gasteiger partial charge in [-0.15, -0.1) is 0 Å². The summed E-state index contributed by atoms with van der Waals surface area (Å²) in [6, 6.07) is 8.27. The molecule has 0 heterocycles. The van der Waals surface area contributed by atoms with E-state index in [0.29, 0.717) is 0 Å². The van der Waals surface area contributed by atoms with Crippen molar-refractivity contribution in [2.45, 2.75) is 12.6 Å². The fourth-order valence-electron chi connectivity index (χ4n) is 1.64. The molecule has 9 heteroatoms. The standard InChI is InChI=1S/C15H19NO8/c17-13(18)9-22-7-12(8-23-10-14(19)20)16-15(21)24-6-11-4-2-1-3-5-11/h1-5,12H,6-10H2,(H,16,21)(H,17,18)(H,19,20). The van der Waals surface area contributed by atoms with E-state index in [2.05, 4.69) is 5.32 Å². The quantitative estimate of drug-likeness (QED) is 0.530. The number of carboxylic acid groups (broad SMARTS) is 2. The van der Waals surface area contributed by atoms with Gasteiger partial charge in [0.25, 0.3) is 0 Å². The zero-order chi connectivity index (χ0) is 17.8. The number of aliphatic carboxylic acids is 2. The van der Waals surface area contributed by atoms with Crippen LogP contribution in [-0.2, 0) is 30.4 Å². The molecule has 0 spiro atoms. The third-order valence-electron chi connectivity index (χ3n) is 2.62. The smallest absolute Gasteiger partial charge is 0.407 e. The number of alkyl carbamates (subject to hydrolysis) is 1. The number of rotatable bonds is 11. The first-order chi connectivity index (χ1) is 11.5. The number of ether oxygens (including phenoxy) is 3. The molecule has 1 aromatic carbocycles. The van der Waals surface area contributed by atoms with Crippen LogP contribution in [0.15, 0.2) is 30.3 Å². The van der Waals surface area contributed by atoms with Crippen molar-refractivity contribution < 1.29 is 38.8 Å². The van der Waals surface area contributed by atoms with Gasteiger partial charge in [-0.05, 0) is 5.56 Å². The van der Waals surface area contributed by atoms with Crippen LogP contribution in [0.3, 0.4) is 0 Å².